The van der Waals surface area contributed by atoms with E-state index in [0.717, 1.165) is 12.1 Å². The average molecular weight is 419 g/mol. The number of rotatable bonds is 7. The zero-order valence-corrected chi connectivity index (χ0v) is 16.9. The van der Waals surface area contributed by atoms with Crippen LogP contribution in [0.2, 0.25) is 0 Å². The Morgan fingerprint density at radius 3 is 1.83 bits per heavy atom. The molecule has 0 fully saturated rings. The molecule has 2 rings (SSSR count). The molecule has 1 aromatic rings. The Labute approximate surface area is 171 Å². The molecule has 0 bridgehead atoms. The fourth-order valence-corrected chi connectivity index (χ4v) is 3.18. The molecule has 30 heavy (non-hydrogen) atoms. The van der Waals surface area contributed by atoms with Crippen molar-refractivity contribution in [2.45, 2.75) is 46.5 Å². The van der Waals surface area contributed by atoms with Crippen LogP contribution in [0, 0.1) is 20.2 Å². The van der Waals surface area contributed by atoms with Crippen LogP contribution in [-0.2, 0) is 19.1 Å². The summed E-state index contributed by atoms with van der Waals surface area (Å²) in [7, 11) is 0. The maximum absolute atomic E-state index is 11.8. The highest BCUT2D eigenvalue weighted by Crippen LogP contribution is 2.44. The van der Waals surface area contributed by atoms with Crippen molar-refractivity contribution < 1.29 is 28.9 Å². The molecule has 1 heterocycles. The van der Waals surface area contributed by atoms with Gasteiger partial charge in [-0.2, -0.15) is 0 Å². The van der Waals surface area contributed by atoms with Gasteiger partial charge in [-0.3, -0.25) is 29.8 Å². The first-order valence-corrected chi connectivity index (χ1v) is 9.13. The highest BCUT2D eigenvalue weighted by Gasteiger charge is 2.39. The zero-order chi connectivity index (χ0) is 22.6. The van der Waals surface area contributed by atoms with Crippen LogP contribution < -0.4 is 5.32 Å². The molecule has 1 N–H and O–H groups in total. The molecule has 0 aromatic heterocycles. The molecule has 0 aliphatic carbocycles. The third kappa shape index (κ3) is 4.62. The molecule has 0 saturated heterocycles. The van der Waals surface area contributed by atoms with Gasteiger partial charge in [0.05, 0.1) is 27.3 Å². The Morgan fingerprint density at radius 1 is 0.967 bits per heavy atom. The number of carbonyl (C=O) groups is 2. The standard InChI is InChI=1S/C19H21N3O8/c1-5-14-18(29-10(3)23)17(19(30-11(4)24)15(6-2)20-14)13-8-7-12(21(25)26)9-16(13)22(27)28/h7-9,17,20H,5-6H2,1-4H3. The third-order valence-electron chi connectivity index (χ3n) is 4.37. The first-order chi connectivity index (χ1) is 14.1. The summed E-state index contributed by atoms with van der Waals surface area (Å²) in [6.07, 6.45) is 0.771. The molecule has 0 unspecified atom stereocenters. The number of dihydropyridines is 1. The first-order valence-electron chi connectivity index (χ1n) is 9.13. The summed E-state index contributed by atoms with van der Waals surface area (Å²) in [5, 5.41) is 25.9. The maximum Gasteiger partial charge on any atom is 0.307 e. The molecule has 11 heteroatoms. The molecule has 1 aromatic carbocycles. The molecule has 0 spiro atoms. The van der Waals surface area contributed by atoms with Gasteiger partial charge in [-0.05, 0) is 18.9 Å². The first kappa shape index (κ1) is 22.5. The van der Waals surface area contributed by atoms with Crippen LogP contribution in [0.5, 0.6) is 0 Å². The number of nitro groups is 2. The molecule has 1 aliphatic rings. The van der Waals surface area contributed by atoms with Gasteiger partial charge in [0.2, 0.25) is 0 Å². The minimum atomic E-state index is -1.12. The minimum Gasteiger partial charge on any atom is -0.428 e. The smallest absolute Gasteiger partial charge is 0.307 e. The second kappa shape index (κ2) is 9.16. The van der Waals surface area contributed by atoms with Crippen LogP contribution in [0.25, 0.3) is 0 Å². The Morgan fingerprint density at radius 2 is 1.47 bits per heavy atom. The van der Waals surface area contributed by atoms with E-state index in [1.165, 1.54) is 19.9 Å². The van der Waals surface area contributed by atoms with E-state index in [1.807, 2.05) is 0 Å². The van der Waals surface area contributed by atoms with Crippen molar-refractivity contribution in [1.29, 1.82) is 0 Å². The number of nitro benzene ring substituents is 2. The number of nitrogens with one attached hydrogen (secondary N) is 1. The number of esters is 2. The molecule has 0 radical (unpaired) electrons. The van der Waals surface area contributed by atoms with E-state index in [1.54, 1.807) is 13.8 Å². The van der Waals surface area contributed by atoms with Crippen LogP contribution in [0.3, 0.4) is 0 Å². The third-order valence-corrected chi connectivity index (χ3v) is 4.37. The Balaban J connectivity index is 2.86. The molecule has 0 amide bonds. The van der Waals surface area contributed by atoms with Crippen molar-refractivity contribution in [2.24, 2.45) is 0 Å². The van der Waals surface area contributed by atoms with Gasteiger partial charge in [-0.15, -0.1) is 0 Å². The van der Waals surface area contributed by atoms with Gasteiger partial charge in [-0.1, -0.05) is 13.8 Å². The summed E-state index contributed by atoms with van der Waals surface area (Å²) >= 11 is 0. The van der Waals surface area contributed by atoms with Gasteiger partial charge < -0.3 is 14.8 Å². The highest BCUT2D eigenvalue weighted by atomic mass is 16.6. The molecule has 1 aliphatic heterocycles. The van der Waals surface area contributed by atoms with E-state index in [4.69, 9.17) is 9.47 Å². The summed E-state index contributed by atoms with van der Waals surface area (Å²) in [4.78, 5) is 44.8. The number of allylic oxidation sites excluding steroid dienone is 2. The number of hydrogen-bond donors (Lipinski definition) is 1. The van der Waals surface area contributed by atoms with Crippen molar-refractivity contribution >= 4 is 23.3 Å². The van der Waals surface area contributed by atoms with E-state index < -0.39 is 39.1 Å². The molecule has 160 valence electrons. The molecular weight excluding hydrogens is 398 g/mol. The number of ether oxygens (including phenoxy) is 2. The monoisotopic (exact) mass is 419 g/mol. The van der Waals surface area contributed by atoms with E-state index in [-0.39, 0.29) is 17.1 Å². The number of carbonyl (C=O) groups excluding carboxylic acids is 2. The molecule has 0 saturated carbocycles. The fraction of sp³-hybridized carbons (Fsp3) is 0.368. The van der Waals surface area contributed by atoms with Crippen molar-refractivity contribution in [3.8, 4) is 0 Å². The lowest BCUT2D eigenvalue weighted by Gasteiger charge is -2.31. The van der Waals surface area contributed by atoms with Gasteiger partial charge in [0.1, 0.15) is 17.4 Å². The van der Waals surface area contributed by atoms with Crippen molar-refractivity contribution in [2.75, 3.05) is 0 Å². The van der Waals surface area contributed by atoms with Crippen molar-refractivity contribution in [3.05, 3.63) is 66.9 Å². The second-order valence-electron chi connectivity index (χ2n) is 6.40. The lowest BCUT2D eigenvalue weighted by Crippen LogP contribution is -2.30. The maximum atomic E-state index is 11.8. The second-order valence-corrected chi connectivity index (χ2v) is 6.40. The van der Waals surface area contributed by atoms with Gasteiger partial charge in [0.25, 0.3) is 11.4 Å². The number of hydrogen-bond acceptors (Lipinski definition) is 9. The fourth-order valence-electron chi connectivity index (χ4n) is 3.18. The van der Waals surface area contributed by atoms with Crippen molar-refractivity contribution in [3.63, 3.8) is 0 Å². The van der Waals surface area contributed by atoms with Gasteiger partial charge in [-0.25, -0.2) is 0 Å². The van der Waals surface area contributed by atoms with Crippen LogP contribution in [-0.4, -0.2) is 21.8 Å². The quantitative estimate of drug-likeness (QED) is 0.397. The average Bonchev–Trinajstić information content (AvgIpc) is 2.67. The number of nitrogens with zero attached hydrogens (tertiary/aromatic N) is 2. The lowest BCUT2D eigenvalue weighted by molar-refractivity contribution is -0.394. The van der Waals surface area contributed by atoms with Crippen molar-refractivity contribution in [1.82, 2.24) is 5.32 Å². The summed E-state index contributed by atoms with van der Waals surface area (Å²) in [5.41, 5.74) is -0.0686. The Bertz CT molecular complexity index is 940. The topological polar surface area (TPSA) is 151 Å². The summed E-state index contributed by atoms with van der Waals surface area (Å²) in [6.45, 7) is 5.92. The van der Waals surface area contributed by atoms with E-state index in [2.05, 4.69) is 5.32 Å². The predicted molar refractivity (Wildman–Crippen MR) is 104 cm³/mol. The Hall–Kier alpha value is -3.76. The SMILES string of the molecule is CCC1=C(OC(C)=O)C(c2ccc([N+](=O)[O-])cc2[N+](=O)[O-])C(OC(C)=O)=C(CC)N1. The molecular formula is C19H21N3O8. The van der Waals surface area contributed by atoms with Crippen LogP contribution in [0.4, 0.5) is 11.4 Å². The van der Waals surface area contributed by atoms with E-state index in [0.29, 0.717) is 24.2 Å². The zero-order valence-electron chi connectivity index (χ0n) is 16.9. The van der Waals surface area contributed by atoms with Gasteiger partial charge in [0, 0.05) is 25.5 Å². The summed E-state index contributed by atoms with van der Waals surface area (Å²) in [6, 6.07) is 3.14. The van der Waals surface area contributed by atoms with E-state index >= 15 is 0 Å². The molecule has 11 nitrogen and oxygen atoms in total. The van der Waals surface area contributed by atoms with Crippen LogP contribution >= 0.6 is 0 Å². The lowest BCUT2D eigenvalue weighted by atomic mass is 9.87. The normalized spacial score (nSPS) is 14.3. The highest BCUT2D eigenvalue weighted by molar-refractivity contribution is 5.71. The predicted octanol–water partition coefficient (Wildman–Crippen LogP) is 3.56. The van der Waals surface area contributed by atoms with Crippen LogP contribution in [0.1, 0.15) is 52.0 Å². The summed E-state index contributed by atoms with van der Waals surface area (Å²) in [5.74, 6) is -2.39. The number of non-ortho nitro benzene ring substituents is 1. The van der Waals surface area contributed by atoms with Crippen LogP contribution in [0.15, 0.2) is 41.1 Å². The van der Waals surface area contributed by atoms with Gasteiger partial charge >= 0.3 is 11.9 Å². The van der Waals surface area contributed by atoms with E-state index in [9.17, 15) is 29.8 Å². The largest absolute Gasteiger partial charge is 0.428 e. The van der Waals surface area contributed by atoms with Gasteiger partial charge in [0.15, 0.2) is 0 Å². The Kier molecular flexibility index (Phi) is 6.88. The summed E-state index contributed by atoms with van der Waals surface area (Å²) < 4.78 is 10.8. The number of benzene rings is 1. The molecule has 0 atom stereocenters. The minimum absolute atomic E-state index is 0.00324.